The molecule has 0 bridgehead atoms. The molecule has 1 aliphatic heterocycles. The molecule has 1 aromatic carbocycles. The number of fused-ring (bicyclic) bond motifs is 1. The number of thioether (sulfide) groups is 1. The molecule has 1 aromatic heterocycles. The van der Waals surface area contributed by atoms with Crippen LogP contribution in [0.15, 0.2) is 47.9 Å². The van der Waals surface area contributed by atoms with Crippen LogP contribution in [0.5, 0.6) is 0 Å². The highest BCUT2D eigenvalue weighted by Gasteiger charge is 2.45. The highest BCUT2D eigenvalue weighted by atomic mass is 32.2. The average molecular weight is 415 g/mol. The van der Waals surface area contributed by atoms with Gasteiger partial charge in [0.15, 0.2) is 5.16 Å². The minimum absolute atomic E-state index is 0.195. The van der Waals surface area contributed by atoms with Gasteiger partial charge in [-0.2, -0.15) is 0 Å². The molecule has 9 nitrogen and oxygen atoms in total. The summed E-state index contributed by atoms with van der Waals surface area (Å²) in [7, 11) is 2.35. The Balaban J connectivity index is 1.92. The molecule has 0 aliphatic carbocycles. The molecular formula is C19H17N3O6S. The van der Waals surface area contributed by atoms with E-state index in [9.17, 15) is 19.2 Å². The molecule has 0 radical (unpaired) electrons. The van der Waals surface area contributed by atoms with Crippen LogP contribution >= 0.6 is 11.8 Å². The monoisotopic (exact) mass is 415 g/mol. The lowest BCUT2D eigenvalue weighted by Gasteiger charge is -2.26. The van der Waals surface area contributed by atoms with E-state index in [4.69, 9.17) is 9.47 Å². The number of imide groups is 1. The predicted octanol–water partition coefficient (Wildman–Crippen LogP) is 1.34. The molecule has 0 fully saturated rings. The summed E-state index contributed by atoms with van der Waals surface area (Å²) in [6, 6.07) is 6.57. The number of amides is 2. The van der Waals surface area contributed by atoms with Crippen molar-refractivity contribution in [2.45, 2.75) is 22.9 Å². The number of nitrogens with zero attached hydrogens (tertiary/aromatic N) is 3. The Labute approximate surface area is 170 Å². The lowest BCUT2D eigenvalue weighted by Crippen LogP contribution is -2.47. The third-order valence-corrected chi connectivity index (χ3v) is 5.39. The minimum Gasteiger partial charge on any atom is -0.468 e. The first kappa shape index (κ1) is 20.5. The molecule has 1 aliphatic rings. The SMILES string of the molecule is COC(=O)[C@@H](C[C@@H](C(=O)OC)N1C(=O)c2ccccc2C1=O)Sc1ncccn1. The number of ether oxygens (including phenoxy) is 2. The van der Waals surface area contributed by atoms with Gasteiger partial charge in [-0.15, -0.1) is 0 Å². The van der Waals surface area contributed by atoms with Gasteiger partial charge in [0.2, 0.25) is 0 Å². The first-order valence-electron chi connectivity index (χ1n) is 8.54. The van der Waals surface area contributed by atoms with Crippen LogP contribution in [0.4, 0.5) is 0 Å². The number of carbonyl (C=O) groups is 4. The van der Waals surface area contributed by atoms with E-state index in [0.717, 1.165) is 23.8 Å². The van der Waals surface area contributed by atoms with E-state index < -0.39 is 35.0 Å². The predicted molar refractivity (Wildman–Crippen MR) is 101 cm³/mol. The Morgan fingerprint density at radius 1 is 0.966 bits per heavy atom. The topological polar surface area (TPSA) is 116 Å². The number of hydrogen-bond donors (Lipinski definition) is 0. The number of hydrogen-bond acceptors (Lipinski definition) is 9. The Bertz CT molecular complexity index is 917. The van der Waals surface area contributed by atoms with Crippen LogP contribution in [0.3, 0.4) is 0 Å². The summed E-state index contributed by atoms with van der Waals surface area (Å²) >= 11 is 0.969. The summed E-state index contributed by atoms with van der Waals surface area (Å²) in [6.45, 7) is 0. The van der Waals surface area contributed by atoms with Crippen molar-refractivity contribution in [3.8, 4) is 0 Å². The van der Waals surface area contributed by atoms with Crippen molar-refractivity contribution in [3.05, 3.63) is 53.9 Å². The molecule has 0 spiro atoms. The van der Waals surface area contributed by atoms with Gasteiger partial charge in [0.1, 0.15) is 11.3 Å². The van der Waals surface area contributed by atoms with Gasteiger partial charge in [-0.3, -0.25) is 19.3 Å². The maximum absolute atomic E-state index is 12.8. The van der Waals surface area contributed by atoms with Crippen LogP contribution in [0.1, 0.15) is 27.1 Å². The van der Waals surface area contributed by atoms with E-state index >= 15 is 0 Å². The molecule has 0 saturated carbocycles. The summed E-state index contributed by atoms with van der Waals surface area (Å²) in [6.07, 6.45) is 2.80. The van der Waals surface area contributed by atoms with Gasteiger partial charge in [0.25, 0.3) is 11.8 Å². The number of benzene rings is 1. The number of esters is 2. The van der Waals surface area contributed by atoms with Gasteiger partial charge in [0.05, 0.1) is 25.3 Å². The lowest BCUT2D eigenvalue weighted by atomic mass is 10.1. The van der Waals surface area contributed by atoms with Crippen molar-refractivity contribution in [3.63, 3.8) is 0 Å². The molecular weight excluding hydrogens is 398 g/mol. The molecule has 3 rings (SSSR count). The summed E-state index contributed by atoms with van der Waals surface area (Å²) in [5, 5.41) is -0.662. The third kappa shape index (κ3) is 4.11. The van der Waals surface area contributed by atoms with Crippen molar-refractivity contribution >= 4 is 35.5 Å². The normalized spacial score (nSPS) is 14.9. The second-order valence-electron chi connectivity index (χ2n) is 5.96. The van der Waals surface area contributed by atoms with Crippen molar-refractivity contribution in [2.75, 3.05) is 14.2 Å². The average Bonchev–Trinajstić information content (AvgIpc) is 3.01. The van der Waals surface area contributed by atoms with E-state index in [1.807, 2.05) is 0 Å². The Morgan fingerprint density at radius 2 is 1.52 bits per heavy atom. The molecule has 0 N–H and O–H groups in total. The molecule has 10 heteroatoms. The fourth-order valence-electron chi connectivity index (χ4n) is 2.93. The molecule has 2 atom stereocenters. The van der Waals surface area contributed by atoms with Gasteiger partial charge in [0, 0.05) is 18.8 Å². The maximum Gasteiger partial charge on any atom is 0.329 e. The zero-order chi connectivity index (χ0) is 21.0. The van der Waals surface area contributed by atoms with Crippen molar-refractivity contribution in [2.24, 2.45) is 0 Å². The van der Waals surface area contributed by atoms with Crippen molar-refractivity contribution < 1.29 is 28.7 Å². The highest BCUT2D eigenvalue weighted by molar-refractivity contribution is 8.00. The fourth-order valence-corrected chi connectivity index (χ4v) is 3.90. The summed E-state index contributed by atoms with van der Waals surface area (Å²) in [5.41, 5.74) is 0.389. The minimum atomic E-state index is -1.31. The summed E-state index contributed by atoms with van der Waals surface area (Å²) in [5.74, 6) is -2.70. The van der Waals surface area contributed by atoms with Crippen molar-refractivity contribution in [1.82, 2.24) is 14.9 Å². The zero-order valence-corrected chi connectivity index (χ0v) is 16.4. The Hall–Kier alpha value is -3.27. The first-order valence-corrected chi connectivity index (χ1v) is 9.42. The first-order chi connectivity index (χ1) is 14.0. The standard InChI is InChI=1S/C19H17N3O6S/c1-27-17(25)13(22-15(23)11-6-3-4-7-12(11)16(22)24)10-14(18(26)28-2)29-19-20-8-5-9-21-19/h3-9,13-14H,10H2,1-2H3/t13-,14+/m0/s1. The number of aromatic nitrogens is 2. The van der Waals surface area contributed by atoms with Crippen LogP contribution in [0, 0.1) is 0 Å². The van der Waals surface area contributed by atoms with Gasteiger partial charge in [-0.1, -0.05) is 23.9 Å². The highest BCUT2D eigenvalue weighted by Crippen LogP contribution is 2.30. The van der Waals surface area contributed by atoms with Crippen LogP contribution in [-0.2, 0) is 19.1 Å². The number of rotatable bonds is 7. The van der Waals surface area contributed by atoms with E-state index in [-0.39, 0.29) is 22.7 Å². The van der Waals surface area contributed by atoms with Gasteiger partial charge < -0.3 is 9.47 Å². The van der Waals surface area contributed by atoms with E-state index in [2.05, 4.69) is 9.97 Å². The van der Waals surface area contributed by atoms with Gasteiger partial charge in [-0.05, 0) is 18.2 Å². The number of methoxy groups -OCH3 is 2. The zero-order valence-electron chi connectivity index (χ0n) is 15.6. The van der Waals surface area contributed by atoms with Crippen LogP contribution in [0.2, 0.25) is 0 Å². The second-order valence-corrected chi connectivity index (χ2v) is 7.13. The molecule has 0 saturated heterocycles. The molecule has 150 valence electrons. The maximum atomic E-state index is 12.8. The Morgan fingerprint density at radius 3 is 2.03 bits per heavy atom. The molecule has 2 aromatic rings. The quantitative estimate of drug-likeness (QED) is 0.286. The third-order valence-electron chi connectivity index (χ3n) is 4.30. The van der Waals surface area contributed by atoms with Gasteiger partial charge >= 0.3 is 11.9 Å². The lowest BCUT2D eigenvalue weighted by molar-refractivity contribution is -0.146. The second kappa shape index (κ2) is 8.82. The van der Waals surface area contributed by atoms with E-state index in [0.29, 0.717) is 0 Å². The van der Waals surface area contributed by atoms with E-state index in [1.165, 1.54) is 31.6 Å². The molecule has 29 heavy (non-hydrogen) atoms. The molecule has 2 amide bonds. The summed E-state index contributed by atoms with van der Waals surface area (Å²) < 4.78 is 9.63. The number of carbonyl (C=O) groups excluding carboxylic acids is 4. The van der Waals surface area contributed by atoms with Crippen LogP contribution < -0.4 is 0 Å². The van der Waals surface area contributed by atoms with E-state index in [1.54, 1.807) is 18.2 Å². The summed E-state index contributed by atoms with van der Waals surface area (Å²) in [4.78, 5) is 59.3. The smallest absolute Gasteiger partial charge is 0.329 e. The van der Waals surface area contributed by atoms with Crippen molar-refractivity contribution in [1.29, 1.82) is 0 Å². The molecule has 0 unspecified atom stereocenters. The Kier molecular flexibility index (Phi) is 6.23. The molecule has 2 heterocycles. The largest absolute Gasteiger partial charge is 0.468 e. The fraction of sp³-hybridized carbons (Fsp3) is 0.263. The van der Waals surface area contributed by atoms with Gasteiger partial charge in [-0.25, -0.2) is 14.8 Å². The van der Waals surface area contributed by atoms with Crippen LogP contribution in [-0.4, -0.2) is 64.1 Å². The van der Waals surface area contributed by atoms with Crippen LogP contribution in [0.25, 0.3) is 0 Å².